The van der Waals surface area contributed by atoms with Gasteiger partial charge in [-0.1, -0.05) is 6.58 Å². The summed E-state index contributed by atoms with van der Waals surface area (Å²) < 4.78 is 16.5. The fraction of sp³-hybridized carbons (Fsp3) is 0.615. The third-order valence-corrected chi connectivity index (χ3v) is 3.55. The molecular formula is C13H22N4O3. The number of hydrogen-bond donors (Lipinski definition) is 2. The molecule has 0 aromatic carbocycles. The van der Waals surface area contributed by atoms with Crippen molar-refractivity contribution in [3.05, 3.63) is 24.2 Å². The second kappa shape index (κ2) is 5.92. The number of rotatable bonds is 4. The zero-order valence-corrected chi connectivity index (χ0v) is 12.1. The van der Waals surface area contributed by atoms with Gasteiger partial charge in [-0.05, 0) is 6.92 Å². The van der Waals surface area contributed by atoms with Crippen LogP contribution in [0.4, 0.5) is 0 Å². The number of nitrogens with two attached hydrogens (primary N) is 2. The highest BCUT2D eigenvalue weighted by Crippen LogP contribution is 2.29. The summed E-state index contributed by atoms with van der Waals surface area (Å²) in [5, 5.41) is 0. The van der Waals surface area contributed by atoms with E-state index >= 15 is 0 Å². The molecule has 2 rings (SSSR count). The highest BCUT2D eigenvalue weighted by atomic mass is 16.6. The maximum absolute atomic E-state index is 6.23. The van der Waals surface area contributed by atoms with Gasteiger partial charge in [-0.2, -0.15) is 0 Å². The number of nitrogens with zero attached hydrogens (tertiary/aromatic N) is 2. The third kappa shape index (κ3) is 2.57. The Hall–Kier alpha value is -1.41. The van der Waals surface area contributed by atoms with Crippen molar-refractivity contribution in [2.45, 2.75) is 31.4 Å². The van der Waals surface area contributed by atoms with Crippen molar-refractivity contribution in [3.63, 3.8) is 0 Å². The van der Waals surface area contributed by atoms with Crippen molar-refractivity contribution in [1.29, 1.82) is 0 Å². The quantitative estimate of drug-likeness (QED) is 0.738. The summed E-state index contributed by atoms with van der Waals surface area (Å²) in [7, 11) is 3.23. The van der Waals surface area contributed by atoms with Crippen LogP contribution in [0.5, 0.6) is 0 Å². The molecule has 2 aliphatic rings. The molecule has 1 fully saturated rings. The van der Waals surface area contributed by atoms with Crippen LogP contribution in [0.3, 0.4) is 0 Å². The van der Waals surface area contributed by atoms with Gasteiger partial charge in [-0.25, -0.2) is 4.99 Å². The minimum Gasteiger partial charge on any atom is -0.383 e. The molecule has 1 saturated heterocycles. The maximum Gasteiger partial charge on any atom is 0.153 e. The van der Waals surface area contributed by atoms with Crippen molar-refractivity contribution in [2.75, 3.05) is 20.8 Å². The highest BCUT2D eigenvalue weighted by molar-refractivity contribution is 5.97. The Morgan fingerprint density at radius 2 is 2.20 bits per heavy atom. The van der Waals surface area contributed by atoms with Crippen molar-refractivity contribution < 1.29 is 14.2 Å². The van der Waals surface area contributed by atoms with E-state index in [-0.39, 0.29) is 18.2 Å². The Bertz CT molecular complexity index is 449. The van der Waals surface area contributed by atoms with Crippen LogP contribution in [-0.2, 0) is 14.2 Å². The molecule has 0 aromatic rings. The van der Waals surface area contributed by atoms with Crippen LogP contribution in [0, 0.1) is 0 Å². The molecule has 0 aromatic heterocycles. The van der Waals surface area contributed by atoms with Gasteiger partial charge in [-0.3, -0.25) is 0 Å². The molecule has 0 aliphatic carbocycles. The molecule has 2 aliphatic heterocycles. The maximum atomic E-state index is 6.23. The zero-order valence-electron chi connectivity index (χ0n) is 12.1. The predicted molar refractivity (Wildman–Crippen MR) is 75.7 cm³/mol. The predicted octanol–water partition coefficient (Wildman–Crippen LogP) is -0.252. The Morgan fingerprint density at radius 1 is 1.50 bits per heavy atom. The average Bonchev–Trinajstić information content (AvgIpc) is 2.71. The lowest BCUT2D eigenvalue weighted by Crippen LogP contribution is -2.48. The molecule has 0 saturated carbocycles. The molecule has 7 heteroatoms. The van der Waals surface area contributed by atoms with Crippen LogP contribution in [0.1, 0.15) is 6.92 Å². The first-order chi connectivity index (χ1) is 9.49. The highest BCUT2D eigenvalue weighted by Gasteiger charge is 2.46. The summed E-state index contributed by atoms with van der Waals surface area (Å²) in [5.74, 6) is 0.955. The van der Waals surface area contributed by atoms with E-state index in [0.29, 0.717) is 18.3 Å². The smallest absolute Gasteiger partial charge is 0.153 e. The summed E-state index contributed by atoms with van der Waals surface area (Å²) >= 11 is 0. The second-order valence-electron chi connectivity index (χ2n) is 4.93. The van der Waals surface area contributed by atoms with E-state index in [1.54, 1.807) is 19.1 Å². The molecule has 0 amide bonds. The number of aliphatic imine (C=N–C) groups is 1. The Balaban J connectivity index is 2.19. The fourth-order valence-electron chi connectivity index (χ4n) is 2.47. The van der Waals surface area contributed by atoms with E-state index in [2.05, 4.69) is 11.6 Å². The largest absolute Gasteiger partial charge is 0.383 e. The molecule has 0 spiro atoms. The monoisotopic (exact) mass is 282 g/mol. The van der Waals surface area contributed by atoms with Crippen LogP contribution in [0.15, 0.2) is 29.2 Å². The van der Waals surface area contributed by atoms with Gasteiger partial charge in [0.15, 0.2) is 6.23 Å². The van der Waals surface area contributed by atoms with Crippen molar-refractivity contribution in [1.82, 2.24) is 4.90 Å². The van der Waals surface area contributed by atoms with E-state index in [4.69, 9.17) is 25.7 Å². The number of ether oxygens (including phenoxy) is 3. The van der Waals surface area contributed by atoms with E-state index in [1.165, 1.54) is 0 Å². The average molecular weight is 282 g/mol. The first-order valence-corrected chi connectivity index (χ1v) is 6.42. The minimum absolute atomic E-state index is 0.227. The van der Waals surface area contributed by atoms with Gasteiger partial charge < -0.3 is 30.6 Å². The van der Waals surface area contributed by atoms with Crippen LogP contribution < -0.4 is 11.5 Å². The third-order valence-electron chi connectivity index (χ3n) is 3.55. The molecule has 112 valence electrons. The lowest BCUT2D eigenvalue weighted by atomic mass is 10.1. The number of methoxy groups -OCH3 is 2. The Labute approximate surface area is 118 Å². The molecule has 0 bridgehead atoms. The van der Waals surface area contributed by atoms with Crippen molar-refractivity contribution >= 4 is 5.84 Å². The van der Waals surface area contributed by atoms with Gasteiger partial charge in [-0.15, -0.1) is 0 Å². The van der Waals surface area contributed by atoms with E-state index in [1.807, 2.05) is 13.1 Å². The molecule has 2 heterocycles. The molecular weight excluding hydrogens is 260 g/mol. The Kier molecular flexibility index (Phi) is 4.44. The normalized spacial score (nSPS) is 34.2. The molecule has 0 radical (unpaired) electrons. The summed E-state index contributed by atoms with van der Waals surface area (Å²) in [6, 6.07) is -0.338. The molecule has 4 atom stereocenters. The van der Waals surface area contributed by atoms with Gasteiger partial charge >= 0.3 is 0 Å². The van der Waals surface area contributed by atoms with E-state index in [0.717, 1.165) is 5.57 Å². The first kappa shape index (κ1) is 15.0. The summed E-state index contributed by atoms with van der Waals surface area (Å²) in [6.45, 7) is 6.18. The first-order valence-electron chi connectivity index (χ1n) is 6.42. The van der Waals surface area contributed by atoms with Gasteiger partial charge in [0.05, 0.1) is 12.6 Å². The summed E-state index contributed by atoms with van der Waals surface area (Å²) in [6.07, 6.45) is 0.968. The van der Waals surface area contributed by atoms with Crippen LogP contribution in [0.2, 0.25) is 0 Å². The summed E-state index contributed by atoms with van der Waals surface area (Å²) in [4.78, 5) is 5.99. The zero-order chi connectivity index (χ0) is 14.9. The van der Waals surface area contributed by atoms with Crippen LogP contribution in [-0.4, -0.2) is 56.0 Å². The summed E-state index contributed by atoms with van der Waals surface area (Å²) in [5.41, 5.74) is 12.8. The van der Waals surface area contributed by atoms with E-state index < -0.39 is 6.23 Å². The Morgan fingerprint density at radius 3 is 2.80 bits per heavy atom. The standard InChI is InChI=1S/C13H22N4O3/c1-7-5-17(8(2)16-12(7)15)13-10(14)11(19-4)9(20-13)6-18-3/h5,9-11,13H,2,6,14H2,1,3-4H3,(H2,15,16)/t9-,10+,11?,13-/m1/s1. The van der Waals surface area contributed by atoms with Gasteiger partial charge in [0.25, 0.3) is 0 Å². The number of amidine groups is 1. The van der Waals surface area contributed by atoms with Gasteiger partial charge in [0.1, 0.15) is 23.9 Å². The van der Waals surface area contributed by atoms with Crippen molar-refractivity contribution in [3.8, 4) is 0 Å². The molecule has 20 heavy (non-hydrogen) atoms. The second-order valence-corrected chi connectivity index (χ2v) is 4.93. The fourth-order valence-corrected chi connectivity index (χ4v) is 2.47. The van der Waals surface area contributed by atoms with Gasteiger partial charge in [0.2, 0.25) is 0 Å². The van der Waals surface area contributed by atoms with Crippen LogP contribution >= 0.6 is 0 Å². The SMILES string of the molecule is C=C1N=C(N)C(C)=CN1[C@@H]1O[C@H](COC)C(OC)[C@@H]1N. The molecule has 1 unspecified atom stereocenters. The molecule has 7 nitrogen and oxygen atoms in total. The molecule has 4 N–H and O–H groups in total. The minimum atomic E-state index is -0.403. The van der Waals surface area contributed by atoms with Crippen molar-refractivity contribution in [2.24, 2.45) is 16.5 Å². The van der Waals surface area contributed by atoms with E-state index in [9.17, 15) is 0 Å². The number of hydrogen-bond acceptors (Lipinski definition) is 7. The lowest BCUT2D eigenvalue weighted by molar-refractivity contribution is -0.0700. The van der Waals surface area contributed by atoms with Gasteiger partial charge in [0, 0.05) is 26.0 Å². The topological polar surface area (TPSA) is 95.3 Å². The van der Waals surface area contributed by atoms with Crippen LogP contribution in [0.25, 0.3) is 0 Å². The lowest BCUT2D eigenvalue weighted by Gasteiger charge is -2.32.